The smallest absolute Gasteiger partial charge is 0.408 e. The molecule has 0 fully saturated rings. The van der Waals surface area contributed by atoms with E-state index in [1.54, 1.807) is 0 Å². The van der Waals surface area contributed by atoms with Crippen LogP contribution < -0.4 is 15.7 Å². The monoisotopic (exact) mass is 505 g/mol. The minimum absolute atomic E-state index is 0.114. The first-order valence-corrected chi connectivity index (χ1v) is 14.3. The zero-order valence-electron chi connectivity index (χ0n) is 22.2. The highest BCUT2D eigenvalue weighted by Gasteiger charge is 2.50. The van der Waals surface area contributed by atoms with Crippen molar-refractivity contribution in [3.05, 3.63) is 96.6 Å². The molecule has 0 bridgehead atoms. The fraction of sp³-hybridized carbons (Fsp3) is 0.367. The van der Waals surface area contributed by atoms with Gasteiger partial charge in [-0.2, -0.15) is 0 Å². The first kappa shape index (κ1) is 27.7. The van der Waals surface area contributed by atoms with E-state index in [1.807, 2.05) is 87.5 Å². The number of hydrogen-bond donors (Lipinski definition) is 2. The summed E-state index contributed by atoms with van der Waals surface area (Å²) in [4.78, 5) is 12.8. The minimum atomic E-state index is -2.86. The van der Waals surface area contributed by atoms with Crippen LogP contribution in [0.25, 0.3) is 0 Å². The molecule has 0 aliphatic rings. The Kier molecular flexibility index (Phi) is 8.77. The number of aliphatic hydroxyl groups excluding tert-OH is 1. The molecule has 5 nitrogen and oxygen atoms in total. The van der Waals surface area contributed by atoms with Crippen molar-refractivity contribution in [3.8, 4) is 0 Å². The molecule has 0 heterocycles. The van der Waals surface area contributed by atoms with Gasteiger partial charge in [-0.15, -0.1) is 0 Å². The number of aliphatic hydroxyl groups is 1. The molecule has 3 aromatic rings. The third-order valence-electron chi connectivity index (χ3n) is 6.12. The molecule has 0 saturated heterocycles. The fourth-order valence-corrected chi connectivity index (χ4v) is 9.11. The molecule has 2 atom stereocenters. The van der Waals surface area contributed by atoms with Crippen LogP contribution in [0, 0.1) is 0 Å². The largest absolute Gasteiger partial charge is 0.444 e. The summed E-state index contributed by atoms with van der Waals surface area (Å²) in [5.41, 5.74) is 0.0372. The van der Waals surface area contributed by atoms with E-state index in [0.717, 1.165) is 10.4 Å². The van der Waals surface area contributed by atoms with Gasteiger partial charge in [0.25, 0.3) is 8.32 Å². The standard InChI is InChI=1S/C30H39NO4Si/c1-29(2,3)35-28(33)31-26(27(32)23-16-10-7-11-17-23)22-34-36(30(4,5)6,24-18-12-8-13-19-24)25-20-14-9-15-21-25/h7-21,26-27,32H,22H2,1-6H3,(H,31,33)/t26-,27-/m1/s1. The van der Waals surface area contributed by atoms with Gasteiger partial charge in [0.2, 0.25) is 0 Å². The van der Waals surface area contributed by atoms with Crippen molar-refractivity contribution < 1.29 is 19.1 Å². The Labute approximate surface area is 216 Å². The third kappa shape index (κ3) is 6.63. The third-order valence-corrected chi connectivity index (χ3v) is 11.1. The highest BCUT2D eigenvalue weighted by molar-refractivity contribution is 6.99. The number of carbonyl (C=O) groups is 1. The SMILES string of the molecule is CC(C)(C)OC(=O)N[C@H](CO[Si](c1ccccc1)(c1ccccc1)C(C)(C)C)[C@H](O)c1ccccc1. The van der Waals surface area contributed by atoms with Gasteiger partial charge in [0.15, 0.2) is 0 Å². The van der Waals surface area contributed by atoms with Crippen molar-refractivity contribution in [1.29, 1.82) is 0 Å². The molecule has 192 valence electrons. The number of ether oxygens (including phenoxy) is 1. The van der Waals surface area contributed by atoms with Crippen LogP contribution in [0.3, 0.4) is 0 Å². The van der Waals surface area contributed by atoms with Gasteiger partial charge in [0, 0.05) is 0 Å². The second-order valence-corrected chi connectivity index (χ2v) is 15.4. The van der Waals surface area contributed by atoms with Crippen molar-refractivity contribution in [2.24, 2.45) is 0 Å². The van der Waals surface area contributed by atoms with Gasteiger partial charge in [-0.3, -0.25) is 0 Å². The summed E-state index contributed by atoms with van der Waals surface area (Å²) >= 11 is 0. The van der Waals surface area contributed by atoms with Crippen LogP contribution in [0.4, 0.5) is 4.79 Å². The van der Waals surface area contributed by atoms with Crippen LogP contribution in [0.15, 0.2) is 91.0 Å². The number of alkyl carbamates (subject to hydrolysis) is 1. The maximum absolute atomic E-state index is 12.8. The minimum Gasteiger partial charge on any atom is -0.444 e. The van der Waals surface area contributed by atoms with Gasteiger partial charge in [0.1, 0.15) is 11.7 Å². The molecule has 0 aliphatic carbocycles. The highest BCUT2D eigenvalue weighted by Crippen LogP contribution is 2.37. The average molecular weight is 506 g/mol. The van der Waals surface area contributed by atoms with E-state index >= 15 is 0 Å². The molecule has 0 aliphatic heterocycles. The predicted molar refractivity (Wildman–Crippen MR) is 148 cm³/mol. The van der Waals surface area contributed by atoms with E-state index in [0.29, 0.717) is 5.56 Å². The summed E-state index contributed by atoms with van der Waals surface area (Å²) in [7, 11) is -2.86. The summed E-state index contributed by atoms with van der Waals surface area (Å²) in [5.74, 6) is 0. The maximum Gasteiger partial charge on any atom is 0.408 e. The van der Waals surface area contributed by atoms with Crippen LogP contribution in [-0.2, 0) is 9.16 Å². The molecule has 0 aromatic heterocycles. The Bertz CT molecular complexity index is 1050. The molecule has 0 unspecified atom stereocenters. The van der Waals surface area contributed by atoms with Crippen molar-refractivity contribution >= 4 is 24.8 Å². The Morgan fingerprint density at radius 2 is 1.25 bits per heavy atom. The van der Waals surface area contributed by atoms with Crippen molar-refractivity contribution in [2.45, 2.75) is 64.3 Å². The zero-order chi connectivity index (χ0) is 26.4. The molecule has 0 radical (unpaired) electrons. The summed E-state index contributed by atoms with van der Waals surface area (Å²) in [6, 6.07) is 29.2. The van der Waals surface area contributed by atoms with Crippen molar-refractivity contribution in [2.75, 3.05) is 6.61 Å². The molecule has 0 spiro atoms. The van der Waals surface area contributed by atoms with E-state index in [-0.39, 0.29) is 11.6 Å². The summed E-state index contributed by atoms with van der Waals surface area (Å²) in [6.07, 6.45) is -1.56. The van der Waals surface area contributed by atoms with Crippen LogP contribution in [0.5, 0.6) is 0 Å². The van der Waals surface area contributed by atoms with Gasteiger partial charge < -0.3 is 19.6 Å². The molecule has 0 saturated carbocycles. The van der Waals surface area contributed by atoms with Gasteiger partial charge in [0.05, 0.1) is 12.6 Å². The maximum atomic E-state index is 12.8. The lowest BCUT2D eigenvalue weighted by Gasteiger charge is -2.44. The number of nitrogens with one attached hydrogen (secondary N) is 1. The van der Waals surface area contributed by atoms with Gasteiger partial charge >= 0.3 is 6.09 Å². The molecule has 3 aromatic carbocycles. The Morgan fingerprint density at radius 1 is 0.806 bits per heavy atom. The van der Waals surface area contributed by atoms with E-state index in [4.69, 9.17) is 9.16 Å². The van der Waals surface area contributed by atoms with Gasteiger partial charge in [-0.05, 0) is 41.7 Å². The first-order chi connectivity index (χ1) is 16.9. The molecule has 3 rings (SSSR count). The summed E-state index contributed by atoms with van der Waals surface area (Å²) in [5, 5.41) is 16.3. The van der Waals surface area contributed by atoms with E-state index in [1.165, 1.54) is 0 Å². The number of amides is 1. The second kappa shape index (κ2) is 11.4. The molecule has 2 N–H and O–H groups in total. The zero-order valence-corrected chi connectivity index (χ0v) is 23.2. The quantitative estimate of drug-likeness (QED) is 0.414. The van der Waals surface area contributed by atoms with Gasteiger partial charge in [-0.25, -0.2) is 4.79 Å². The Morgan fingerprint density at radius 3 is 1.67 bits per heavy atom. The number of carbonyl (C=O) groups excluding carboxylic acids is 1. The van der Waals surface area contributed by atoms with Gasteiger partial charge in [-0.1, -0.05) is 112 Å². The molecule has 1 amide bonds. The van der Waals surface area contributed by atoms with E-state index in [9.17, 15) is 9.90 Å². The summed E-state index contributed by atoms with van der Waals surface area (Å²) in [6.45, 7) is 12.1. The van der Waals surface area contributed by atoms with Crippen LogP contribution in [-0.4, -0.2) is 37.8 Å². The lowest BCUT2D eigenvalue weighted by atomic mass is 10.0. The topological polar surface area (TPSA) is 67.8 Å². The van der Waals surface area contributed by atoms with Crippen LogP contribution in [0.2, 0.25) is 5.04 Å². The molecule has 6 heteroatoms. The fourth-order valence-electron chi connectivity index (χ4n) is 4.53. The normalized spacial score (nSPS) is 14.1. The number of benzene rings is 3. The Hall–Kier alpha value is -2.93. The number of rotatable bonds is 8. The van der Waals surface area contributed by atoms with Crippen LogP contribution in [0.1, 0.15) is 53.2 Å². The number of hydrogen-bond acceptors (Lipinski definition) is 4. The molecular formula is C30H39NO4Si. The van der Waals surface area contributed by atoms with Crippen molar-refractivity contribution in [1.82, 2.24) is 5.32 Å². The van der Waals surface area contributed by atoms with E-state index in [2.05, 4.69) is 50.4 Å². The Balaban J connectivity index is 2.03. The summed E-state index contributed by atoms with van der Waals surface area (Å²) < 4.78 is 12.5. The van der Waals surface area contributed by atoms with Crippen LogP contribution >= 0.6 is 0 Å². The second-order valence-electron chi connectivity index (χ2n) is 11.1. The predicted octanol–water partition coefficient (Wildman–Crippen LogP) is 5.19. The lowest BCUT2D eigenvalue weighted by molar-refractivity contribution is 0.0361. The first-order valence-electron chi connectivity index (χ1n) is 12.4. The average Bonchev–Trinajstić information content (AvgIpc) is 2.83. The lowest BCUT2D eigenvalue weighted by Crippen LogP contribution is -2.67. The highest BCUT2D eigenvalue weighted by atomic mass is 28.4. The molecule has 36 heavy (non-hydrogen) atoms. The van der Waals surface area contributed by atoms with Crippen molar-refractivity contribution in [3.63, 3.8) is 0 Å². The van der Waals surface area contributed by atoms with E-state index < -0.39 is 32.2 Å². The molecular weight excluding hydrogens is 466 g/mol.